The van der Waals surface area contributed by atoms with Crippen LogP contribution in [0, 0.1) is 6.92 Å². The summed E-state index contributed by atoms with van der Waals surface area (Å²) in [5.74, 6) is -0.926. The van der Waals surface area contributed by atoms with Crippen molar-refractivity contribution in [1.29, 1.82) is 0 Å². The van der Waals surface area contributed by atoms with Gasteiger partial charge in [-0.1, -0.05) is 73.2 Å². The minimum Gasteiger partial charge on any atom is -0.467 e. The number of hydrogen-bond donors (Lipinski definition) is 2. The maximum absolute atomic E-state index is 13.9. The zero-order chi connectivity index (χ0) is 28.4. The SMILES string of the molecule is CC/C(=N/N(C(C(=O)OC)/C(C)=N/NC(=O)Nc1ccccc1)S(=O)(=O)c1ccc(C)cc1)c1ccccc1. The third kappa shape index (κ3) is 7.51. The second-order valence-corrected chi connectivity index (χ2v) is 10.3. The number of nitrogens with zero attached hydrogens (tertiary/aromatic N) is 3. The highest BCUT2D eigenvalue weighted by Gasteiger charge is 2.39. The lowest BCUT2D eigenvalue weighted by molar-refractivity contribution is -0.142. The molecule has 0 saturated heterocycles. The molecule has 0 aliphatic heterocycles. The molecule has 39 heavy (non-hydrogen) atoms. The number of anilines is 1. The maximum Gasteiger partial charge on any atom is 0.339 e. The van der Waals surface area contributed by atoms with Gasteiger partial charge in [-0.15, -0.1) is 0 Å². The quantitative estimate of drug-likeness (QED) is 0.218. The number of ether oxygens (including phenoxy) is 1. The van der Waals surface area contributed by atoms with Crippen molar-refractivity contribution in [3.63, 3.8) is 0 Å². The van der Waals surface area contributed by atoms with Crippen LogP contribution in [0.3, 0.4) is 0 Å². The molecule has 0 saturated carbocycles. The summed E-state index contributed by atoms with van der Waals surface area (Å²) in [7, 11) is -3.25. The molecule has 0 bridgehead atoms. The number of rotatable bonds is 10. The Hall–Kier alpha value is -4.51. The van der Waals surface area contributed by atoms with Crippen LogP contribution in [0.1, 0.15) is 31.4 Å². The van der Waals surface area contributed by atoms with Gasteiger partial charge in [-0.2, -0.15) is 23.0 Å². The molecular weight excluding hydrogens is 518 g/mol. The van der Waals surface area contributed by atoms with Crippen LogP contribution in [0.4, 0.5) is 10.5 Å². The Labute approximate surface area is 228 Å². The Morgan fingerprint density at radius 1 is 0.949 bits per heavy atom. The van der Waals surface area contributed by atoms with Gasteiger partial charge in [0.15, 0.2) is 0 Å². The van der Waals surface area contributed by atoms with E-state index in [1.165, 1.54) is 19.1 Å². The maximum atomic E-state index is 13.9. The van der Waals surface area contributed by atoms with Gasteiger partial charge < -0.3 is 10.1 Å². The first-order valence-electron chi connectivity index (χ1n) is 12.2. The van der Waals surface area contributed by atoms with Gasteiger partial charge in [-0.25, -0.2) is 15.0 Å². The highest BCUT2D eigenvalue weighted by Crippen LogP contribution is 2.23. The summed E-state index contributed by atoms with van der Waals surface area (Å²) in [4.78, 5) is 25.4. The number of hydrogen-bond acceptors (Lipinski definition) is 7. The van der Waals surface area contributed by atoms with E-state index in [0.29, 0.717) is 27.8 Å². The van der Waals surface area contributed by atoms with Crippen LogP contribution in [0.25, 0.3) is 0 Å². The van der Waals surface area contributed by atoms with Crippen LogP contribution in [-0.4, -0.2) is 49.4 Å². The van der Waals surface area contributed by atoms with E-state index in [0.717, 1.165) is 12.7 Å². The summed E-state index contributed by atoms with van der Waals surface area (Å²) >= 11 is 0. The molecular formula is C28H31N5O5S. The predicted octanol–water partition coefficient (Wildman–Crippen LogP) is 4.54. The third-order valence-electron chi connectivity index (χ3n) is 5.63. The van der Waals surface area contributed by atoms with Crippen LogP contribution in [-0.2, 0) is 19.6 Å². The first-order valence-corrected chi connectivity index (χ1v) is 13.6. The van der Waals surface area contributed by atoms with Gasteiger partial charge >= 0.3 is 12.0 Å². The van der Waals surface area contributed by atoms with Crippen molar-refractivity contribution in [2.75, 3.05) is 12.4 Å². The summed E-state index contributed by atoms with van der Waals surface area (Å²) in [5, 5.41) is 11.1. The number of carbonyl (C=O) groups excluding carboxylic acids is 2. The summed E-state index contributed by atoms with van der Waals surface area (Å²) in [6.45, 7) is 5.06. The van der Waals surface area contributed by atoms with Crippen LogP contribution >= 0.6 is 0 Å². The second kappa shape index (κ2) is 13.3. The molecule has 0 fully saturated rings. The minimum absolute atomic E-state index is 0.0620. The number of carbonyl (C=O) groups is 2. The zero-order valence-electron chi connectivity index (χ0n) is 22.2. The number of urea groups is 1. The van der Waals surface area contributed by atoms with E-state index in [1.807, 2.05) is 19.9 Å². The average Bonchev–Trinajstić information content (AvgIpc) is 2.94. The number of hydrazone groups is 2. The van der Waals surface area contributed by atoms with Crippen molar-refractivity contribution in [3.8, 4) is 0 Å². The van der Waals surface area contributed by atoms with Gasteiger partial charge in [0, 0.05) is 5.69 Å². The molecule has 3 aromatic carbocycles. The number of sulfonamides is 1. The molecule has 204 valence electrons. The fourth-order valence-corrected chi connectivity index (χ4v) is 4.98. The second-order valence-electron chi connectivity index (χ2n) is 8.47. The van der Waals surface area contributed by atoms with Gasteiger partial charge in [-0.05, 0) is 50.1 Å². The number of esters is 1. The molecule has 3 rings (SSSR count). The first-order chi connectivity index (χ1) is 18.7. The molecule has 2 N–H and O–H groups in total. The summed E-state index contributed by atoms with van der Waals surface area (Å²) in [6.07, 6.45) is 0.367. The fourth-order valence-electron chi connectivity index (χ4n) is 3.56. The van der Waals surface area contributed by atoms with Crippen LogP contribution in [0.5, 0.6) is 0 Å². The van der Waals surface area contributed by atoms with Gasteiger partial charge in [-0.3, -0.25) is 0 Å². The lowest BCUT2D eigenvalue weighted by atomic mass is 10.1. The lowest BCUT2D eigenvalue weighted by Gasteiger charge is -2.27. The van der Waals surface area contributed by atoms with E-state index >= 15 is 0 Å². The number of benzene rings is 3. The van der Waals surface area contributed by atoms with Crippen LogP contribution < -0.4 is 10.7 Å². The molecule has 0 aliphatic rings. The van der Waals surface area contributed by atoms with Crippen molar-refractivity contribution in [2.45, 2.75) is 38.1 Å². The molecule has 0 aliphatic carbocycles. The van der Waals surface area contributed by atoms with Crippen LogP contribution in [0.15, 0.2) is 100 Å². The molecule has 0 heterocycles. The Balaban J connectivity index is 2.08. The van der Waals surface area contributed by atoms with E-state index in [4.69, 9.17) is 4.74 Å². The topological polar surface area (TPSA) is 130 Å². The Kier molecular flexibility index (Phi) is 9.93. The molecule has 10 nitrogen and oxygen atoms in total. The number of aryl methyl sites for hydroxylation is 1. The normalized spacial score (nSPS) is 12.8. The van der Waals surface area contributed by atoms with Crippen molar-refractivity contribution in [3.05, 3.63) is 96.1 Å². The predicted molar refractivity (Wildman–Crippen MR) is 151 cm³/mol. The molecule has 1 unspecified atom stereocenters. The van der Waals surface area contributed by atoms with Crippen LogP contribution in [0.2, 0.25) is 0 Å². The Bertz CT molecular complexity index is 1440. The summed E-state index contributed by atoms with van der Waals surface area (Å²) in [5.41, 5.74) is 4.73. The molecule has 0 aromatic heterocycles. The zero-order valence-corrected chi connectivity index (χ0v) is 23.0. The first kappa shape index (κ1) is 29.1. The van der Waals surface area contributed by atoms with Gasteiger partial charge in [0.25, 0.3) is 10.0 Å². The third-order valence-corrected chi connectivity index (χ3v) is 7.29. The molecule has 0 spiro atoms. The van der Waals surface area contributed by atoms with E-state index in [2.05, 4.69) is 20.9 Å². The minimum atomic E-state index is -4.38. The van der Waals surface area contributed by atoms with Crippen molar-refractivity contribution < 1.29 is 22.7 Å². The van der Waals surface area contributed by atoms with Crippen molar-refractivity contribution in [2.24, 2.45) is 10.2 Å². The summed E-state index contributed by atoms with van der Waals surface area (Å²) in [6, 6.07) is 21.6. The monoisotopic (exact) mass is 549 g/mol. The smallest absolute Gasteiger partial charge is 0.339 e. The molecule has 2 amide bonds. The molecule has 3 aromatic rings. The number of nitrogens with one attached hydrogen (secondary N) is 2. The average molecular weight is 550 g/mol. The Morgan fingerprint density at radius 2 is 1.54 bits per heavy atom. The summed E-state index contributed by atoms with van der Waals surface area (Å²) < 4.78 is 33.5. The van der Waals surface area contributed by atoms with Crippen molar-refractivity contribution in [1.82, 2.24) is 9.84 Å². The fraction of sp³-hybridized carbons (Fsp3) is 0.214. The largest absolute Gasteiger partial charge is 0.467 e. The molecule has 0 radical (unpaired) electrons. The molecule has 1 atom stereocenters. The van der Waals surface area contributed by atoms with Gasteiger partial charge in [0.2, 0.25) is 6.04 Å². The standard InChI is InChI=1S/C28H31N5O5S/c1-5-25(22-12-8-6-9-13-22)32-33(39(36,37)24-18-16-20(2)17-19-24)26(27(34)38-4)21(3)30-31-28(35)29-23-14-10-7-11-15-23/h6-19,26H,5H2,1-4H3,(H2,29,31,35)/b30-21+,32-25-. The highest BCUT2D eigenvalue weighted by atomic mass is 32.2. The highest BCUT2D eigenvalue weighted by molar-refractivity contribution is 7.89. The lowest BCUT2D eigenvalue weighted by Crippen LogP contribution is -2.48. The van der Waals surface area contributed by atoms with Crippen molar-refractivity contribution >= 4 is 39.1 Å². The van der Waals surface area contributed by atoms with Gasteiger partial charge in [0.1, 0.15) is 0 Å². The van der Waals surface area contributed by atoms with E-state index in [-0.39, 0.29) is 10.6 Å². The van der Waals surface area contributed by atoms with Gasteiger partial charge in [0.05, 0.1) is 23.4 Å². The number of para-hydroxylation sites is 1. The van der Waals surface area contributed by atoms with E-state index in [9.17, 15) is 18.0 Å². The number of amides is 2. The number of methoxy groups -OCH3 is 1. The van der Waals surface area contributed by atoms with E-state index in [1.54, 1.807) is 66.7 Å². The molecule has 11 heteroatoms. The van der Waals surface area contributed by atoms with E-state index < -0.39 is 28.1 Å². The Morgan fingerprint density at radius 3 is 2.10 bits per heavy atom.